The second-order valence-electron chi connectivity index (χ2n) is 7.95. The van der Waals surface area contributed by atoms with Gasteiger partial charge in [0.15, 0.2) is 0 Å². The van der Waals surface area contributed by atoms with Crippen molar-refractivity contribution < 1.29 is 0 Å². The molecule has 3 N–H and O–H groups in total. The van der Waals surface area contributed by atoms with E-state index in [-0.39, 0.29) is 0 Å². The molecule has 0 aliphatic heterocycles. The number of hydrogen-bond acceptors (Lipinski definition) is 3. The van der Waals surface area contributed by atoms with Crippen LogP contribution >= 0.6 is 0 Å². The van der Waals surface area contributed by atoms with Crippen molar-refractivity contribution in [3.05, 3.63) is 91.1 Å². The average molecular weight is 408 g/mol. The summed E-state index contributed by atoms with van der Waals surface area (Å²) < 4.78 is 0. The Labute approximate surface area is 181 Å². The average Bonchev–Trinajstić information content (AvgIpc) is 3.43. The lowest BCUT2D eigenvalue weighted by Gasteiger charge is -2.11. The van der Waals surface area contributed by atoms with Gasteiger partial charge in [0.05, 0.1) is 22.9 Å². The molecule has 4 aromatic rings. The normalized spacial score (nSPS) is 14.9. The number of H-pyrrole nitrogens is 2. The summed E-state index contributed by atoms with van der Waals surface area (Å²) in [6.45, 7) is 10.2. The predicted octanol–water partition coefficient (Wildman–Crippen LogP) is 6.09. The minimum Gasteiger partial charge on any atom is -0.359 e. The van der Waals surface area contributed by atoms with E-state index in [0.717, 1.165) is 55.7 Å². The maximum atomic E-state index is 4.58. The quantitative estimate of drug-likeness (QED) is 0.325. The van der Waals surface area contributed by atoms with Gasteiger partial charge in [-0.15, -0.1) is 0 Å². The lowest BCUT2D eigenvalue weighted by atomic mass is 10.0. The Kier molecular flexibility index (Phi) is 4.79. The molecule has 1 saturated carbocycles. The van der Waals surface area contributed by atoms with Crippen molar-refractivity contribution in [1.82, 2.24) is 25.5 Å². The standard InChI is InChI=1S/C26H25N5/c1-4-17(12-21(5-2)28-16(3)18-6-7-18)19-8-9-23-22(13-19)26(31-30-23)24-14-20-10-11-27-15-25(20)29-24/h4-5,8-15,18,28-29H,2-3,6-7H2,1H3,(H,30,31)/b17-4+,21-12+. The first-order valence-corrected chi connectivity index (χ1v) is 10.5. The van der Waals surface area contributed by atoms with Gasteiger partial charge in [-0.2, -0.15) is 5.10 Å². The highest BCUT2D eigenvalue weighted by molar-refractivity contribution is 5.97. The Morgan fingerprint density at radius 1 is 1.19 bits per heavy atom. The molecule has 31 heavy (non-hydrogen) atoms. The van der Waals surface area contributed by atoms with Crippen molar-refractivity contribution in [2.24, 2.45) is 5.92 Å². The fraction of sp³-hybridized carbons (Fsp3) is 0.154. The van der Waals surface area contributed by atoms with E-state index in [1.54, 1.807) is 6.20 Å². The van der Waals surface area contributed by atoms with E-state index < -0.39 is 0 Å². The molecule has 5 heteroatoms. The maximum Gasteiger partial charge on any atom is 0.116 e. The smallest absolute Gasteiger partial charge is 0.116 e. The van der Waals surface area contributed by atoms with Crippen LogP contribution < -0.4 is 5.32 Å². The number of allylic oxidation sites excluding steroid dienone is 5. The molecule has 0 spiro atoms. The summed E-state index contributed by atoms with van der Waals surface area (Å²) in [5.74, 6) is 0.591. The molecule has 5 rings (SSSR count). The van der Waals surface area contributed by atoms with Gasteiger partial charge in [-0.05, 0) is 73.2 Å². The second-order valence-corrected chi connectivity index (χ2v) is 7.95. The fourth-order valence-electron chi connectivity index (χ4n) is 3.86. The highest BCUT2D eigenvalue weighted by atomic mass is 15.1. The van der Waals surface area contributed by atoms with Gasteiger partial charge in [0.1, 0.15) is 5.69 Å². The number of rotatable bonds is 7. The van der Waals surface area contributed by atoms with Crippen molar-refractivity contribution in [2.45, 2.75) is 19.8 Å². The van der Waals surface area contributed by atoms with Gasteiger partial charge in [0.25, 0.3) is 0 Å². The van der Waals surface area contributed by atoms with Crippen LogP contribution in [0.4, 0.5) is 0 Å². The van der Waals surface area contributed by atoms with Gasteiger partial charge in [0.2, 0.25) is 0 Å². The zero-order valence-electron chi connectivity index (χ0n) is 17.6. The molecule has 1 aliphatic rings. The van der Waals surface area contributed by atoms with E-state index in [9.17, 15) is 0 Å². The third-order valence-electron chi connectivity index (χ3n) is 5.79. The summed E-state index contributed by atoms with van der Waals surface area (Å²) in [6.07, 6.45) is 12.1. The fourth-order valence-corrected chi connectivity index (χ4v) is 3.86. The van der Waals surface area contributed by atoms with Crippen molar-refractivity contribution in [3.8, 4) is 11.4 Å². The Hall–Kier alpha value is -3.86. The van der Waals surface area contributed by atoms with E-state index >= 15 is 0 Å². The number of aromatic amines is 2. The minimum absolute atomic E-state index is 0.591. The van der Waals surface area contributed by atoms with Crippen LogP contribution in [0.1, 0.15) is 25.3 Å². The number of nitrogens with one attached hydrogen (secondary N) is 3. The van der Waals surface area contributed by atoms with E-state index in [1.165, 1.54) is 12.8 Å². The monoisotopic (exact) mass is 407 g/mol. The lowest BCUT2D eigenvalue weighted by Crippen LogP contribution is -2.11. The zero-order valence-corrected chi connectivity index (χ0v) is 17.6. The summed E-state index contributed by atoms with van der Waals surface area (Å²) in [4.78, 5) is 7.62. The number of pyridine rings is 1. The minimum atomic E-state index is 0.591. The third kappa shape index (κ3) is 3.70. The largest absolute Gasteiger partial charge is 0.359 e. The summed E-state index contributed by atoms with van der Waals surface area (Å²) in [5.41, 5.74) is 8.13. The molecule has 1 fully saturated rings. The van der Waals surface area contributed by atoms with Crippen molar-refractivity contribution in [2.75, 3.05) is 0 Å². The van der Waals surface area contributed by atoms with Gasteiger partial charge in [-0.3, -0.25) is 10.1 Å². The summed E-state index contributed by atoms with van der Waals surface area (Å²) >= 11 is 0. The van der Waals surface area contributed by atoms with E-state index in [4.69, 9.17) is 0 Å². The van der Waals surface area contributed by atoms with Crippen LogP contribution in [0, 0.1) is 5.92 Å². The van der Waals surface area contributed by atoms with E-state index in [2.05, 4.69) is 75.1 Å². The Bertz CT molecular complexity index is 1330. The molecule has 1 aliphatic carbocycles. The molecule has 0 bridgehead atoms. The van der Waals surface area contributed by atoms with Crippen LogP contribution in [-0.4, -0.2) is 20.2 Å². The van der Waals surface area contributed by atoms with Crippen molar-refractivity contribution >= 4 is 27.4 Å². The number of aromatic nitrogens is 4. The molecule has 0 radical (unpaired) electrons. The van der Waals surface area contributed by atoms with Crippen LogP contribution in [0.3, 0.4) is 0 Å². The topological polar surface area (TPSA) is 69.4 Å². The maximum absolute atomic E-state index is 4.58. The molecular formula is C26H25N5. The summed E-state index contributed by atoms with van der Waals surface area (Å²) in [6, 6.07) is 10.5. The van der Waals surface area contributed by atoms with Crippen molar-refractivity contribution in [1.29, 1.82) is 0 Å². The molecule has 0 unspecified atom stereocenters. The molecule has 154 valence electrons. The zero-order chi connectivity index (χ0) is 21.4. The van der Waals surface area contributed by atoms with Gasteiger partial charge in [0, 0.05) is 28.4 Å². The first-order valence-electron chi connectivity index (χ1n) is 10.5. The van der Waals surface area contributed by atoms with Crippen LogP contribution in [-0.2, 0) is 0 Å². The second kappa shape index (κ2) is 7.76. The molecule has 3 heterocycles. The van der Waals surface area contributed by atoms with Crippen LogP contribution in [0.15, 0.2) is 85.5 Å². The Morgan fingerprint density at radius 3 is 2.81 bits per heavy atom. The predicted molar refractivity (Wildman–Crippen MR) is 128 cm³/mol. The first-order chi connectivity index (χ1) is 15.2. The number of benzene rings is 1. The molecule has 3 aromatic heterocycles. The van der Waals surface area contributed by atoms with Gasteiger partial charge in [-0.25, -0.2) is 0 Å². The van der Waals surface area contributed by atoms with E-state index in [0.29, 0.717) is 5.92 Å². The van der Waals surface area contributed by atoms with Gasteiger partial charge >= 0.3 is 0 Å². The van der Waals surface area contributed by atoms with Crippen LogP contribution in [0.25, 0.3) is 38.8 Å². The van der Waals surface area contributed by atoms with Gasteiger partial charge in [-0.1, -0.05) is 25.3 Å². The number of fused-ring (bicyclic) bond motifs is 2. The lowest BCUT2D eigenvalue weighted by molar-refractivity contribution is 0.865. The highest BCUT2D eigenvalue weighted by Gasteiger charge is 2.24. The Balaban J connectivity index is 1.52. The number of nitrogens with zero attached hydrogens (tertiary/aromatic N) is 2. The molecular weight excluding hydrogens is 382 g/mol. The SMILES string of the molecule is C=C/C(=C\C(=C/C)c1ccc2[nH]nc(-c3cc4ccncc4[nH]3)c2c1)NC(=C)C1CC1. The Morgan fingerprint density at radius 2 is 2.06 bits per heavy atom. The summed E-state index contributed by atoms with van der Waals surface area (Å²) in [7, 11) is 0. The first kappa shape index (κ1) is 19.1. The van der Waals surface area contributed by atoms with Crippen molar-refractivity contribution in [3.63, 3.8) is 0 Å². The molecule has 0 atom stereocenters. The third-order valence-corrected chi connectivity index (χ3v) is 5.79. The van der Waals surface area contributed by atoms with Gasteiger partial charge < -0.3 is 10.3 Å². The van der Waals surface area contributed by atoms with Crippen LogP contribution in [0.2, 0.25) is 0 Å². The highest BCUT2D eigenvalue weighted by Crippen LogP contribution is 2.35. The molecule has 5 nitrogen and oxygen atoms in total. The molecule has 0 saturated heterocycles. The van der Waals surface area contributed by atoms with E-state index in [1.807, 2.05) is 25.3 Å². The summed E-state index contributed by atoms with van der Waals surface area (Å²) in [5, 5.41) is 13.3. The molecule has 0 amide bonds. The number of hydrogen-bond donors (Lipinski definition) is 3. The van der Waals surface area contributed by atoms with Crippen LogP contribution in [0.5, 0.6) is 0 Å². The molecule has 1 aromatic carbocycles.